The van der Waals surface area contributed by atoms with Gasteiger partial charge in [0.25, 0.3) is 17.4 Å². The summed E-state index contributed by atoms with van der Waals surface area (Å²) in [6, 6.07) is 10.7. The van der Waals surface area contributed by atoms with Crippen LogP contribution >= 0.6 is 0 Å². The Morgan fingerprint density at radius 2 is 1.66 bits per heavy atom. The minimum Gasteiger partial charge on any atom is -0.496 e. The van der Waals surface area contributed by atoms with Gasteiger partial charge in [-0.1, -0.05) is 0 Å². The van der Waals surface area contributed by atoms with Crippen molar-refractivity contribution in [2.24, 2.45) is 12.5 Å². The van der Waals surface area contributed by atoms with E-state index in [1.165, 1.54) is 0 Å². The third-order valence-electron chi connectivity index (χ3n) is 11.9. The van der Waals surface area contributed by atoms with Gasteiger partial charge in [-0.3, -0.25) is 39.2 Å². The monoisotopic (exact) mass is 761 g/mol. The Hall–Kier alpha value is -5.60. The third-order valence-corrected chi connectivity index (χ3v) is 11.9. The number of aryl methyl sites for hydroxylation is 1. The summed E-state index contributed by atoms with van der Waals surface area (Å²) >= 11 is 0. The van der Waals surface area contributed by atoms with Crippen molar-refractivity contribution in [2.75, 3.05) is 52.3 Å². The fourth-order valence-electron chi connectivity index (χ4n) is 8.99. The van der Waals surface area contributed by atoms with Crippen molar-refractivity contribution in [3.63, 3.8) is 0 Å². The number of aromatic nitrogens is 2. The number of pyridine rings is 2. The Morgan fingerprint density at radius 3 is 2.38 bits per heavy atom. The Balaban J connectivity index is 0.791. The molecule has 4 aromatic rings. The van der Waals surface area contributed by atoms with Crippen molar-refractivity contribution in [3.8, 4) is 22.6 Å². The van der Waals surface area contributed by atoms with Crippen LogP contribution in [0, 0.1) is 5.41 Å². The van der Waals surface area contributed by atoms with Crippen LogP contribution in [0.2, 0.25) is 0 Å². The highest BCUT2D eigenvalue weighted by Gasteiger charge is 2.52. The van der Waals surface area contributed by atoms with Crippen LogP contribution in [-0.4, -0.2) is 103 Å². The highest BCUT2D eigenvalue weighted by atomic mass is 16.5. The number of nitrogens with one attached hydrogen (secondary N) is 2. The molecule has 4 amide bonds. The number of piperidine rings is 1. The first-order chi connectivity index (χ1) is 27.0. The first-order valence-corrected chi connectivity index (χ1v) is 19.2. The lowest BCUT2D eigenvalue weighted by molar-refractivity contribution is -0.136. The molecule has 0 radical (unpaired) electrons. The number of anilines is 1. The summed E-state index contributed by atoms with van der Waals surface area (Å²) in [5.74, 6) is -0.489. The minimum absolute atomic E-state index is 0.0940. The first-order valence-electron chi connectivity index (χ1n) is 19.2. The lowest BCUT2D eigenvalue weighted by Gasteiger charge is -2.60. The largest absolute Gasteiger partial charge is 0.496 e. The smallest absolute Gasteiger partial charge is 0.262 e. The van der Waals surface area contributed by atoms with Crippen molar-refractivity contribution in [1.82, 2.24) is 30.0 Å². The number of benzene rings is 2. The van der Waals surface area contributed by atoms with Gasteiger partial charge in [-0.25, -0.2) is 0 Å². The maximum absolute atomic E-state index is 13.3. The Labute approximate surface area is 324 Å². The van der Waals surface area contributed by atoms with Crippen molar-refractivity contribution < 1.29 is 28.7 Å². The number of carbonyl (C=O) groups excluding carboxylic acids is 4. The summed E-state index contributed by atoms with van der Waals surface area (Å²) in [7, 11) is 7.18. The van der Waals surface area contributed by atoms with Gasteiger partial charge < -0.3 is 29.2 Å². The molecule has 1 atom stereocenters. The van der Waals surface area contributed by atoms with Crippen LogP contribution in [0.4, 0.5) is 5.69 Å². The molecule has 1 saturated carbocycles. The fourth-order valence-corrected chi connectivity index (χ4v) is 8.99. The molecule has 4 aliphatic rings. The van der Waals surface area contributed by atoms with Crippen LogP contribution in [0.25, 0.3) is 21.9 Å². The number of carbonyl (C=O) groups is 4. The number of hydrogen-bond acceptors (Lipinski definition) is 11. The van der Waals surface area contributed by atoms with E-state index in [4.69, 9.17) is 9.47 Å². The first kappa shape index (κ1) is 37.3. The standard InChI is InChI=1S/C42H47N7O7/c1-46(21-33-35(55-3)15-25(16-36(33)56-4)32-22-47(2)39(52)31-20-43-13-11-28(31)32)14-6-5-12-44-26-18-42(19-26)23-48(24-42)27-7-8-29-30(17-27)41(54)49(40(29)53)34-9-10-37(50)45-38(34)51/h7-8,11,13,15-17,20,22,26,34,44H,5-6,9-10,12,14,18-19,21,23-24H2,1-4H3,(H,45,50,51). The van der Waals surface area contributed by atoms with Gasteiger partial charge in [0.2, 0.25) is 11.8 Å². The van der Waals surface area contributed by atoms with Crippen molar-refractivity contribution in [1.29, 1.82) is 0 Å². The van der Waals surface area contributed by atoms with Gasteiger partial charge in [-0.15, -0.1) is 0 Å². The zero-order chi connectivity index (χ0) is 39.3. The highest BCUT2D eigenvalue weighted by Crippen LogP contribution is 2.50. The molecule has 2 saturated heterocycles. The molecule has 2 aromatic heterocycles. The van der Waals surface area contributed by atoms with Crippen LogP contribution in [0.15, 0.2) is 59.8 Å². The zero-order valence-electron chi connectivity index (χ0n) is 32.2. The molecule has 1 spiro atoms. The fraction of sp³-hybridized carbons (Fsp3) is 0.429. The molecule has 8 rings (SSSR count). The average Bonchev–Trinajstić information content (AvgIpc) is 3.40. The summed E-state index contributed by atoms with van der Waals surface area (Å²) in [4.78, 5) is 72.8. The number of ether oxygens (including phenoxy) is 2. The second-order valence-corrected chi connectivity index (χ2v) is 15.8. The van der Waals surface area contributed by atoms with E-state index in [1.807, 2.05) is 30.5 Å². The molecule has 1 aliphatic carbocycles. The Morgan fingerprint density at radius 1 is 0.929 bits per heavy atom. The Kier molecular flexibility index (Phi) is 9.87. The van der Waals surface area contributed by atoms with Crippen LogP contribution in [0.3, 0.4) is 0 Å². The van der Waals surface area contributed by atoms with Crippen LogP contribution in [0.5, 0.6) is 11.5 Å². The summed E-state index contributed by atoms with van der Waals surface area (Å²) in [6.07, 6.45) is 9.69. The van der Waals surface area contributed by atoms with Crippen LogP contribution in [0.1, 0.15) is 64.8 Å². The number of imide groups is 2. The van der Waals surface area contributed by atoms with E-state index in [1.54, 1.807) is 50.4 Å². The maximum atomic E-state index is 13.3. The van der Waals surface area contributed by atoms with Gasteiger partial charge in [0.15, 0.2) is 0 Å². The normalized spacial score (nSPS) is 19.1. The predicted octanol–water partition coefficient (Wildman–Crippen LogP) is 3.49. The van der Waals surface area contributed by atoms with Gasteiger partial charge in [-0.05, 0) is 99.6 Å². The summed E-state index contributed by atoms with van der Waals surface area (Å²) in [5.41, 5.74) is 4.47. The minimum atomic E-state index is -0.964. The number of fused-ring (bicyclic) bond motifs is 2. The van der Waals surface area contributed by atoms with Crippen LogP contribution in [-0.2, 0) is 23.2 Å². The van der Waals surface area contributed by atoms with E-state index in [2.05, 4.69) is 32.5 Å². The summed E-state index contributed by atoms with van der Waals surface area (Å²) < 4.78 is 13.3. The number of nitrogens with zero attached hydrogens (tertiary/aromatic N) is 5. The number of hydrogen-bond donors (Lipinski definition) is 2. The molecule has 3 fully saturated rings. The molecule has 1 unspecified atom stereocenters. The number of rotatable bonds is 13. The van der Waals surface area contributed by atoms with E-state index in [0.29, 0.717) is 29.1 Å². The van der Waals surface area contributed by atoms with E-state index in [-0.39, 0.29) is 29.7 Å². The molecule has 56 heavy (non-hydrogen) atoms. The summed E-state index contributed by atoms with van der Waals surface area (Å²) in [5, 5.41) is 7.37. The zero-order valence-corrected chi connectivity index (χ0v) is 32.2. The molecule has 3 aliphatic heterocycles. The van der Waals surface area contributed by atoms with Gasteiger partial charge in [0.05, 0.1) is 36.3 Å². The van der Waals surface area contributed by atoms with Gasteiger partial charge in [0.1, 0.15) is 17.5 Å². The molecule has 5 heterocycles. The maximum Gasteiger partial charge on any atom is 0.262 e. The third kappa shape index (κ3) is 6.70. The molecule has 2 aromatic carbocycles. The lowest BCUT2D eigenvalue weighted by atomic mass is 9.60. The average molecular weight is 762 g/mol. The number of methoxy groups -OCH3 is 2. The molecular formula is C42H47N7O7. The van der Waals surface area contributed by atoms with E-state index < -0.39 is 23.8 Å². The SMILES string of the molecule is COc1cc(-c2cn(C)c(=O)c3cnccc23)cc(OC)c1CN(C)CCCCNC1CC2(C1)CN(c1ccc3c(c1)C(=O)N(C1CCC(=O)NC1=O)C3=O)C2. The topological polar surface area (TPSA) is 155 Å². The molecule has 14 heteroatoms. The molecule has 292 valence electrons. The van der Waals surface area contributed by atoms with Crippen molar-refractivity contribution in [2.45, 2.75) is 57.2 Å². The Bertz CT molecular complexity index is 2280. The van der Waals surface area contributed by atoms with Crippen molar-refractivity contribution in [3.05, 3.63) is 82.0 Å². The van der Waals surface area contributed by atoms with Crippen molar-refractivity contribution >= 4 is 40.1 Å². The lowest BCUT2D eigenvalue weighted by Crippen LogP contribution is -2.66. The van der Waals surface area contributed by atoms with E-state index >= 15 is 0 Å². The molecule has 2 N–H and O–H groups in total. The number of amides is 4. The summed E-state index contributed by atoms with van der Waals surface area (Å²) in [6.45, 7) is 4.33. The molecular weight excluding hydrogens is 715 g/mol. The second kappa shape index (κ2) is 14.8. The quantitative estimate of drug-likeness (QED) is 0.152. The van der Waals surface area contributed by atoms with Gasteiger partial charge in [0, 0.05) is 74.4 Å². The van der Waals surface area contributed by atoms with E-state index in [0.717, 1.165) is 96.0 Å². The van der Waals surface area contributed by atoms with Gasteiger partial charge >= 0.3 is 0 Å². The van der Waals surface area contributed by atoms with E-state index in [9.17, 15) is 24.0 Å². The number of unbranched alkanes of at least 4 members (excludes halogenated alkanes) is 1. The van der Waals surface area contributed by atoms with Gasteiger partial charge in [-0.2, -0.15) is 0 Å². The van der Waals surface area contributed by atoms with Crippen LogP contribution < -0.4 is 30.6 Å². The second-order valence-electron chi connectivity index (χ2n) is 15.8. The molecule has 14 nitrogen and oxygen atoms in total. The molecule has 0 bridgehead atoms. The predicted molar refractivity (Wildman–Crippen MR) is 210 cm³/mol. The highest BCUT2D eigenvalue weighted by molar-refractivity contribution is 6.23.